The molecule has 0 aliphatic rings. The first-order chi connectivity index (χ1) is 11.5. The van der Waals surface area contributed by atoms with Crippen molar-refractivity contribution < 1.29 is 14.3 Å². The first-order valence-electron chi connectivity index (χ1n) is 7.20. The highest BCUT2D eigenvalue weighted by Crippen LogP contribution is 2.22. The van der Waals surface area contributed by atoms with Crippen LogP contribution in [-0.2, 0) is 9.59 Å². The summed E-state index contributed by atoms with van der Waals surface area (Å²) in [4.78, 5) is 29.8. The molecule has 0 unspecified atom stereocenters. The fourth-order valence-electron chi connectivity index (χ4n) is 1.84. The first kappa shape index (κ1) is 18.3. The number of aryl methyl sites for hydroxylation is 1. The average Bonchev–Trinajstić information content (AvgIpc) is 2.98. The number of hydrogen-bond donors (Lipinski definition) is 1. The minimum absolute atomic E-state index is 0.00645. The number of carbonyl (C=O) groups excluding carboxylic acids is 2. The van der Waals surface area contributed by atoms with Crippen molar-refractivity contribution in [2.24, 2.45) is 0 Å². The Morgan fingerprint density at radius 2 is 2.21 bits per heavy atom. The van der Waals surface area contributed by atoms with Crippen LogP contribution in [0.15, 0.2) is 34.0 Å². The van der Waals surface area contributed by atoms with Crippen LogP contribution in [0.1, 0.15) is 5.69 Å². The lowest BCUT2D eigenvalue weighted by atomic mass is 10.3. The van der Waals surface area contributed by atoms with Gasteiger partial charge in [0.2, 0.25) is 11.8 Å². The van der Waals surface area contributed by atoms with Gasteiger partial charge in [0, 0.05) is 29.9 Å². The van der Waals surface area contributed by atoms with E-state index in [0.717, 1.165) is 10.0 Å². The van der Waals surface area contributed by atoms with E-state index in [-0.39, 0.29) is 24.1 Å². The predicted octanol–water partition coefficient (Wildman–Crippen LogP) is 2.65. The van der Waals surface area contributed by atoms with Crippen LogP contribution in [0.5, 0.6) is 5.75 Å². The van der Waals surface area contributed by atoms with Crippen molar-refractivity contribution in [3.8, 4) is 5.75 Å². The number of anilines is 1. The summed E-state index contributed by atoms with van der Waals surface area (Å²) in [7, 11) is 3.18. The number of amides is 2. The molecular weight excluding hydrogens is 346 g/mol. The van der Waals surface area contributed by atoms with E-state index in [1.54, 1.807) is 38.4 Å². The first-order valence-corrected chi connectivity index (χ1v) is 9.07. The van der Waals surface area contributed by atoms with Crippen molar-refractivity contribution in [2.45, 2.75) is 11.3 Å². The fraction of sp³-hybridized carbons (Fsp3) is 0.312. The number of ether oxygens (including phenoxy) is 1. The molecule has 0 radical (unpaired) electrons. The second-order valence-corrected chi connectivity index (χ2v) is 7.15. The lowest BCUT2D eigenvalue weighted by Gasteiger charge is -2.16. The number of rotatable bonds is 7. The van der Waals surface area contributed by atoms with Gasteiger partial charge in [-0.15, -0.1) is 11.3 Å². The van der Waals surface area contributed by atoms with Crippen molar-refractivity contribution in [1.82, 2.24) is 9.88 Å². The zero-order valence-electron chi connectivity index (χ0n) is 13.7. The monoisotopic (exact) mass is 365 g/mol. The molecule has 1 aromatic carbocycles. The molecule has 0 atom stereocenters. The van der Waals surface area contributed by atoms with E-state index >= 15 is 0 Å². The third kappa shape index (κ3) is 5.54. The lowest BCUT2D eigenvalue weighted by Crippen LogP contribution is -2.35. The second-order valence-electron chi connectivity index (χ2n) is 5.07. The van der Waals surface area contributed by atoms with Crippen molar-refractivity contribution in [1.29, 1.82) is 0 Å². The highest BCUT2D eigenvalue weighted by molar-refractivity contribution is 8.01. The summed E-state index contributed by atoms with van der Waals surface area (Å²) >= 11 is 2.89. The zero-order chi connectivity index (χ0) is 17.5. The molecule has 1 aromatic heterocycles. The topological polar surface area (TPSA) is 71.5 Å². The number of nitrogens with one attached hydrogen (secondary N) is 1. The Balaban J connectivity index is 1.80. The summed E-state index contributed by atoms with van der Waals surface area (Å²) < 4.78 is 5.96. The van der Waals surface area contributed by atoms with Crippen molar-refractivity contribution >= 4 is 40.6 Å². The van der Waals surface area contributed by atoms with Gasteiger partial charge in [-0.3, -0.25) is 9.59 Å². The molecule has 0 bridgehead atoms. The molecule has 1 N–H and O–H groups in total. The number of methoxy groups -OCH3 is 1. The Morgan fingerprint density at radius 1 is 1.42 bits per heavy atom. The largest absolute Gasteiger partial charge is 0.497 e. The number of carbonyl (C=O) groups is 2. The number of nitrogens with zero attached hydrogens (tertiary/aromatic N) is 2. The van der Waals surface area contributed by atoms with Crippen LogP contribution in [0.25, 0.3) is 0 Å². The Bertz CT molecular complexity index is 718. The molecular formula is C16H19N3O3S2. The molecule has 0 saturated carbocycles. The molecule has 128 valence electrons. The fourth-order valence-corrected chi connectivity index (χ4v) is 3.63. The average molecular weight is 365 g/mol. The molecule has 0 aliphatic heterocycles. The molecule has 24 heavy (non-hydrogen) atoms. The van der Waals surface area contributed by atoms with Gasteiger partial charge < -0.3 is 15.0 Å². The van der Waals surface area contributed by atoms with E-state index in [4.69, 9.17) is 4.74 Å². The Hall–Kier alpha value is -2.06. The van der Waals surface area contributed by atoms with Gasteiger partial charge in [0.05, 0.1) is 19.4 Å². The van der Waals surface area contributed by atoms with E-state index in [0.29, 0.717) is 11.4 Å². The molecule has 2 aromatic rings. The van der Waals surface area contributed by atoms with Crippen LogP contribution in [0.4, 0.5) is 5.69 Å². The molecule has 0 fully saturated rings. The van der Waals surface area contributed by atoms with Crippen LogP contribution in [0.2, 0.25) is 0 Å². The van der Waals surface area contributed by atoms with E-state index in [2.05, 4.69) is 10.3 Å². The predicted molar refractivity (Wildman–Crippen MR) is 96.8 cm³/mol. The smallest absolute Gasteiger partial charge is 0.243 e. The SMILES string of the molecule is COc1cccc(NC(=O)CN(C)C(=O)CSc2nc(C)cs2)c1. The summed E-state index contributed by atoms with van der Waals surface area (Å²) in [5.41, 5.74) is 1.58. The van der Waals surface area contributed by atoms with Gasteiger partial charge >= 0.3 is 0 Å². The standard InChI is InChI=1S/C16H19N3O3S2/c1-11-9-23-16(17-11)24-10-15(21)19(2)8-14(20)18-12-5-4-6-13(7-12)22-3/h4-7,9H,8,10H2,1-3H3,(H,18,20). The summed E-state index contributed by atoms with van der Waals surface area (Å²) in [5.74, 6) is 0.547. The number of likely N-dealkylation sites (N-methyl/N-ethyl adjacent to an activating group) is 1. The number of benzene rings is 1. The van der Waals surface area contributed by atoms with E-state index < -0.39 is 0 Å². The Kier molecular flexibility index (Phi) is 6.62. The summed E-state index contributed by atoms with van der Waals surface area (Å²) in [6, 6.07) is 7.07. The van der Waals surface area contributed by atoms with Gasteiger partial charge in [0.1, 0.15) is 5.75 Å². The number of thiazole rings is 1. The van der Waals surface area contributed by atoms with Gasteiger partial charge in [-0.2, -0.15) is 0 Å². The zero-order valence-corrected chi connectivity index (χ0v) is 15.4. The summed E-state index contributed by atoms with van der Waals surface area (Å²) in [6.07, 6.45) is 0. The van der Waals surface area contributed by atoms with Crippen LogP contribution in [0, 0.1) is 6.92 Å². The molecule has 0 saturated heterocycles. The van der Waals surface area contributed by atoms with E-state index in [1.165, 1.54) is 28.0 Å². The molecule has 2 rings (SSSR count). The maximum Gasteiger partial charge on any atom is 0.243 e. The normalized spacial score (nSPS) is 10.3. The Labute approximate surface area is 149 Å². The number of hydrogen-bond acceptors (Lipinski definition) is 6. The van der Waals surface area contributed by atoms with Gasteiger partial charge in [-0.1, -0.05) is 17.8 Å². The summed E-state index contributed by atoms with van der Waals surface area (Å²) in [6.45, 7) is 1.91. The minimum atomic E-state index is -0.255. The van der Waals surface area contributed by atoms with E-state index in [1.807, 2.05) is 12.3 Å². The Morgan fingerprint density at radius 3 is 2.88 bits per heavy atom. The van der Waals surface area contributed by atoms with Crippen molar-refractivity contribution in [3.63, 3.8) is 0 Å². The van der Waals surface area contributed by atoms with Gasteiger partial charge in [-0.25, -0.2) is 4.98 Å². The maximum absolute atomic E-state index is 12.1. The molecule has 0 aliphatic carbocycles. The molecule has 1 heterocycles. The lowest BCUT2D eigenvalue weighted by molar-refractivity contribution is -0.131. The molecule has 0 spiro atoms. The highest BCUT2D eigenvalue weighted by atomic mass is 32.2. The molecule has 2 amide bonds. The van der Waals surface area contributed by atoms with E-state index in [9.17, 15) is 9.59 Å². The van der Waals surface area contributed by atoms with Crippen LogP contribution in [-0.4, -0.2) is 48.2 Å². The van der Waals surface area contributed by atoms with Gasteiger partial charge in [0.25, 0.3) is 0 Å². The van der Waals surface area contributed by atoms with Crippen molar-refractivity contribution in [3.05, 3.63) is 35.3 Å². The van der Waals surface area contributed by atoms with Crippen LogP contribution >= 0.6 is 23.1 Å². The molecule has 8 heteroatoms. The van der Waals surface area contributed by atoms with Crippen molar-refractivity contribution in [2.75, 3.05) is 31.8 Å². The van der Waals surface area contributed by atoms with Gasteiger partial charge in [0.15, 0.2) is 4.34 Å². The number of aromatic nitrogens is 1. The second kappa shape index (κ2) is 8.70. The molecule has 6 nitrogen and oxygen atoms in total. The quantitative estimate of drug-likeness (QED) is 0.764. The maximum atomic E-state index is 12.1. The summed E-state index contributed by atoms with van der Waals surface area (Å²) in [5, 5.41) is 4.69. The third-order valence-corrected chi connectivity index (χ3v) is 5.20. The minimum Gasteiger partial charge on any atom is -0.497 e. The van der Waals surface area contributed by atoms with Crippen LogP contribution < -0.4 is 10.1 Å². The number of thioether (sulfide) groups is 1. The highest BCUT2D eigenvalue weighted by Gasteiger charge is 2.14. The third-order valence-electron chi connectivity index (χ3n) is 3.08. The van der Waals surface area contributed by atoms with Gasteiger partial charge in [-0.05, 0) is 19.1 Å². The van der Waals surface area contributed by atoms with Crippen LogP contribution in [0.3, 0.4) is 0 Å².